The van der Waals surface area contributed by atoms with Crippen LogP contribution in [0.4, 0.5) is 11.4 Å². The van der Waals surface area contributed by atoms with Gasteiger partial charge in [0.2, 0.25) is 0 Å². The summed E-state index contributed by atoms with van der Waals surface area (Å²) in [6, 6.07) is 8.19. The lowest BCUT2D eigenvalue weighted by atomic mass is 10.2. The zero-order valence-corrected chi connectivity index (χ0v) is 8.36. The van der Waals surface area contributed by atoms with E-state index < -0.39 is 0 Å². The van der Waals surface area contributed by atoms with Gasteiger partial charge < -0.3 is 5.32 Å². The second-order valence-corrected chi connectivity index (χ2v) is 3.34. The minimum atomic E-state index is 1.02. The molecule has 0 amide bonds. The molecular weight excluding hydrogens is 174 g/mol. The first-order chi connectivity index (χ1) is 6.75. The summed E-state index contributed by atoms with van der Waals surface area (Å²) in [5.74, 6) is 0. The lowest BCUT2D eigenvalue weighted by molar-refractivity contribution is 0.768. The van der Waals surface area contributed by atoms with E-state index in [0.29, 0.717) is 0 Å². The molecule has 3 nitrogen and oxygen atoms in total. The van der Waals surface area contributed by atoms with Gasteiger partial charge >= 0.3 is 0 Å². The van der Waals surface area contributed by atoms with Gasteiger partial charge in [-0.15, -0.1) is 0 Å². The van der Waals surface area contributed by atoms with Crippen molar-refractivity contribution in [3.05, 3.63) is 42.2 Å². The number of rotatable bonds is 2. The van der Waals surface area contributed by atoms with E-state index in [2.05, 4.69) is 29.5 Å². The average molecular weight is 187 g/mol. The first-order valence-corrected chi connectivity index (χ1v) is 4.57. The Bertz CT molecular complexity index is 432. The molecule has 3 heteroatoms. The molecule has 0 aliphatic heterocycles. The van der Waals surface area contributed by atoms with Crippen molar-refractivity contribution in [3.63, 3.8) is 0 Å². The molecule has 1 heterocycles. The van der Waals surface area contributed by atoms with Crippen LogP contribution in [0.1, 0.15) is 5.56 Å². The fourth-order valence-electron chi connectivity index (χ4n) is 1.35. The topological polar surface area (TPSA) is 29.9 Å². The van der Waals surface area contributed by atoms with E-state index in [9.17, 15) is 0 Å². The highest BCUT2D eigenvalue weighted by molar-refractivity contribution is 5.61. The molecule has 0 aliphatic carbocycles. The second-order valence-electron chi connectivity index (χ2n) is 3.34. The first-order valence-electron chi connectivity index (χ1n) is 4.57. The van der Waals surface area contributed by atoms with Crippen LogP contribution < -0.4 is 5.32 Å². The molecular formula is C11H13N3. The molecule has 0 spiro atoms. The molecule has 72 valence electrons. The molecule has 0 fully saturated rings. The smallest absolute Gasteiger partial charge is 0.0770 e. The number of nitrogens with one attached hydrogen (secondary N) is 1. The molecule has 0 unspecified atom stereocenters. The summed E-state index contributed by atoms with van der Waals surface area (Å²) in [5, 5.41) is 7.41. The maximum atomic E-state index is 4.10. The van der Waals surface area contributed by atoms with E-state index in [-0.39, 0.29) is 0 Å². The Kier molecular flexibility index (Phi) is 2.23. The molecule has 1 aromatic carbocycles. The normalized spacial score (nSPS) is 10.1. The van der Waals surface area contributed by atoms with Crippen LogP contribution in [-0.2, 0) is 7.05 Å². The Balaban J connectivity index is 2.23. The van der Waals surface area contributed by atoms with Crippen LogP contribution in [0.3, 0.4) is 0 Å². The number of anilines is 2. The molecule has 14 heavy (non-hydrogen) atoms. The third-order valence-corrected chi connectivity index (χ3v) is 2.13. The van der Waals surface area contributed by atoms with Crippen molar-refractivity contribution in [2.45, 2.75) is 6.92 Å². The number of benzene rings is 1. The molecule has 2 aromatic rings. The molecule has 2 rings (SSSR count). The Morgan fingerprint density at radius 1 is 1.29 bits per heavy atom. The maximum Gasteiger partial charge on any atom is 0.0770 e. The van der Waals surface area contributed by atoms with E-state index in [1.54, 1.807) is 4.68 Å². The molecule has 1 aromatic heterocycles. The van der Waals surface area contributed by atoms with Crippen molar-refractivity contribution in [2.24, 2.45) is 7.05 Å². The largest absolute Gasteiger partial charge is 0.353 e. The number of nitrogens with zero attached hydrogens (tertiary/aromatic N) is 2. The van der Waals surface area contributed by atoms with Crippen molar-refractivity contribution in [3.8, 4) is 0 Å². The predicted molar refractivity (Wildman–Crippen MR) is 57.7 cm³/mol. The third kappa shape index (κ3) is 1.76. The van der Waals surface area contributed by atoms with Gasteiger partial charge in [-0.1, -0.05) is 18.2 Å². The molecule has 1 N–H and O–H groups in total. The van der Waals surface area contributed by atoms with E-state index >= 15 is 0 Å². The highest BCUT2D eigenvalue weighted by Gasteiger charge is 1.98. The number of para-hydroxylation sites is 1. The van der Waals surface area contributed by atoms with Crippen LogP contribution in [0, 0.1) is 6.92 Å². The number of hydrogen-bond donors (Lipinski definition) is 1. The molecule has 0 saturated carbocycles. The van der Waals surface area contributed by atoms with Gasteiger partial charge in [0.15, 0.2) is 0 Å². The number of aryl methyl sites for hydroxylation is 2. The summed E-state index contributed by atoms with van der Waals surface area (Å²) in [6.45, 7) is 2.08. The summed E-state index contributed by atoms with van der Waals surface area (Å²) in [6.07, 6.45) is 3.76. The molecule has 0 aliphatic rings. The Morgan fingerprint density at radius 2 is 2.07 bits per heavy atom. The monoisotopic (exact) mass is 187 g/mol. The van der Waals surface area contributed by atoms with Crippen LogP contribution in [0.15, 0.2) is 36.7 Å². The van der Waals surface area contributed by atoms with Crippen molar-refractivity contribution < 1.29 is 0 Å². The van der Waals surface area contributed by atoms with Crippen LogP contribution >= 0.6 is 0 Å². The lowest BCUT2D eigenvalue weighted by Crippen LogP contribution is -1.91. The van der Waals surface area contributed by atoms with Crippen LogP contribution in [0.25, 0.3) is 0 Å². The van der Waals surface area contributed by atoms with Crippen LogP contribution in [0.2, 0.25) is 0 Å². The Labute approximate surface area is 83.4 Å². The van der Waals surface area contributed by atoms with Gasteiger partial charge in [-0.05, 0) is 18.6 Å². The van der Waals surface area contributed by atoms with Crippen molar-refractivity contribution >= 4 is 11.4 Å². The second kappa shape index (κ2) is 3.54. The summed E-state index contributed by atoms with van der Waals surface area (Å²) in [4.78, 5) is 0. The lowest BCUT2D eigenvalue weighted by Gasteiger charge is -2.05. The Hall–Kier alpha value is -1.77. The van der Waals surface area contributed by atoms with Crippen molar-refractivity contribution in [1.82, 2.24) is 9.78 Å². The van der Waals surface area contributed by atoms with Gasteiger partial charge in [0.25, 0.3) is 0 Å². The maximum absolute atomic E-state index is 4.10. The van der Waals surface area contributed by atoms with Gasteiger partial charge in [0.1, 0.15) is 0 Å². The zero-order chi connectivity index (χ0) is 9.97. The van der Waals surface area contributed by atoms with Gasteiger partial charge in [-0.25, -0.2) is 0 Å². The quantitative estimate of drug-likeness (QED) is 0.782. The minimum absolute atomic E-state index is 1.02. The predicted octanol–water partition coefficient (Wildman–Crippen LogP) is 2.47. The summed E-state index contributed by atoms with van der Waals surface area (Å²) in [7, 11) is 1.91. The molecule has 0 saturated heterocycles. The van der Waals surface area contributed by atoms with E-state index in [1.807, 2.05) is 31.6 Å². The molecule has 0 atom stereocenters. The number of hydrogen-bond acceptors (Lipinski definition) is 2. The molecule has 0 bridgehead atoms. The van der Waals surface area contributed by atoms with E-state index in [0.717, 1.165) is 11.4 Å². The fraction of sp³-hybridized carbons (Fsp3) is 0.182. The fourth-order valence-corrected chi connectivity index (χ4v) is 1.35. The van der Waals surface area contributed by atoms with Gasteiger partial charge in [-0.2, -0.15) is 5.10 Å². The van der Waals surface area contributed by atoms with Crippen molar-refractivity contribution in [1.29, 1.82) is 0 Å². The van der Waals surface area contributed by atoms with Crippen molar-refractivity contribution in [2.75, 3.05) is 5.32 Å². The third-order valence-electron chi connectivity index (χ3n) is 2.13. The van der Waals surface area contributed by atoms with Gasteiger partial charge in [0.05, 0.1) is 11.9 Å². The van der Waals surface area contributed by atoms with Crippen LogP contribution in [0.5, 0.6) is 0 Å². The van der Waals surface area contributed by atoms with E-state index in [1.165, 1.54) is 5.56 Å². The van der Waals surface area contributed by atoms with Gasteiger partial charge in [0, 0.05) is 18.9 Å². The minimum Gasteiger partial charge on any atom is -0.353 e. The van der Waals surface area contributed by atoms with Gasteiger partial charge in [-0.3, -0.25) is 4.68 Å². The summed E-state index contributed by atoms with van der Waals surface area (Å²) < 4.78 is 1.78. The highest BCUT2D eigenvalue weighted by Crippen LogP contribution is 2.18. The SMILES string of the molecule is Cc1ccccc1Nc1cnn(C)c1. The Morgan fingerprint density at radius 3 is 2.71 bits per heavy atom. The highest BCUT2D eigenvalue weighted by atomic mass is 15.3. The van der Waals surface area contributed by atoms with Crippen LogP contribution in [-0.4, -0.2) is 9.78 Å². The summed E-state index contributed by atoms with van der Waals surface area (Å²) >= 11 is 0. The number of aromatic nitrogens is 2. The summed E-state index contributed by atoms with van der Waals surface area (Å²) in [5.41, 5.74) is 3.37. The molecule has 0 radical (unpaired) electrons. The first kappa shape index (κ1) is 8.81. The van der Waals surface area contributed by atoms with E-state index in [4.69, 9.17) is 0 Å². The zero-order valence-electron chi connectivity index (χ0n) is 8.36. The average Bonchev–Trinajstić information content (AvgIpc) is 2.56. The standard InChI is InChI=1S/C11H13N3/c1-9-5-3-4-6-11(9)13-10-7-12-14(2)8-10/h3-8,13H,1-2H3.